The molecule has 0 radical (unpaired) electrons. The van der Waals surface area contributed by atoms with Crippen molar-refractivity contribution in [1.82, 2.24) is 20.0 Å². The summed E-state index contributed by atoms with van der Waals surface area (Å²) in [5.41, 5.74) is 1.87. The van der Waals surface area contributed by atoms with E-state index in [1.807, 2.05) is 24.3 Å². The third kappa shape index (κ3) is 5.08. The molecule has 8 nitrogen and oxygen atoms in total. The minimum Gasteiger partial charge on any atom is -0.376 e. The molecule has 5 rings (SSSR count). The Kier molecular flexibility index (Phi) is 7.20. The third-order valence-electron chi connectivity index (χ3n) is 6.12. The van der Waals surface area contributed by atoms with Crippen LogP contribution in [0, 0.1) is 3.95 Å². The predicted octanol–water partition coefficient (Wildman–Crippen LogP) is 4.11. The smallest absolute Gasteiger partial charge is 0.265 e. The van der Waals surface area contributed by atoms with Gasteiger partial charge in [-0.25, -0.2) is 0 Å². The Morgan fingerprint density at radius 3 is 2.72 bits per heavy atom. The van der Waals surface area contributed by atoms with Gasteiger partial charge in [0, 0.05) is 30.3 Å². The second kappa shape index (κ2) is 10.5. The van der Waals surface area contributed by atoms with Crippen LogP contribution < -0.4 is 16.2 Å². The van der Waals surface area contributed by atoms with Gasteiger partial charge in [-0.1, -0.05) is 35.1 Å². The normalized spacial score (nSPS) is 15.4. The van der Waals surface area contributed by atoms with Crippen molar-refractivity contribution in [2.75, 3.05) is 19.7 Å². The van der Waals surface area contributed by atoms with Crippen LogP contribution in [0.15, 0.2) is 47.3 Å². The van der Waals surface area contributed by atoms with Gasteiger partial charge in [-0.05, 0) is 67.4 Å². The van der Waals surface area contributed by atoms with Crippen LogP contribution in [0.25, 0.3) is 16.6 Å². The van der Waals surface area contributed by atoms with E-state index in [1.165, 1.54) is 0 Å². The van der Waals surface area contributed by atoms with Crippen LogP contribution in [0.5, 0.6) is 0 Å². The molecule has 2 aromatic carbocycles. The summed E-state index contributed by atoms with van der Waals surface area (Å²) in [5, 5.41) is 6.82. The molecule has 1 fully saturated rings. The molecule has 0 bridgehead atoms. The first-order valence-electron chi connectivity index (χ1n) is 11.5. The van der Waals surface area contributed by atoms with Crippen molar-refractivity contribution in [3.63, 3.8) is 0 Å². The highest BCUT2D eigenvalue weighted by Gasteiger charge is 2.21. The number of thiazole rings is 1. The molecule has 0 aliphatic carbocycles. The lowest BCUT2D eigenvalue weighted by atomic mass is 10.1. The molecule has 1 saturated heterocycles. The van der Waals surface area contributed by atoms with Crippen LogP contribution in [0.4, 0.5) is 0 Å². The van der Waals surface area contributed by atoms with Gasteiger partial charge in [0.1, 0.15) is 10.5 Å². The van der Waals surface area contributed by atoms with Gasteiger partial charge in [-0.15, -0.1) is 0 Å². The number of halogens is 1. The zero-order valence-electron chi connectivity index (χ0n) is 19.1. The number of nitrogens with zero attached hydrogens (tertiary/aromatic N) is 1. The molecule has 1 atom stereocenters. The Morgan fingerprint density at radius 1 is 1.17 bits per heavy atom. The molecule has 3 N–H and O–H groups in total. The van der Waals surface area contributed by atoms with E-state index < -0.39 is 0 Å². The lowest BCUT2D eigenvalue weighted by Gasteiger charge is -2.10. The predicted molar refractivity (Wildman–Crippen MR) is 143 cm³/mol. The Balaban J connectivity index is 1.40. The summed E-state index contributed by atoms with van der Waals surface area (Å²) in [6, 6.07) is 12.3. The summed E-state index contributed by atoms with van der Waals surface area (Å²) in [6.45, 7) is 1.54. The fourth-order valence-corrected chi connectivity index (χ4v) is 5.67. The quantitative estimate of drug-likeness (QED) is 0.305. The van der Waals surface area contributed by atoms with Gasteiger partial charge in [-0.2, -0.15) is 0 Å². The summed E-state index contributed by atoms with van der Waals surface area (Å²) in [7, 11) is 0. The largest absolute Gasteiger partial charge is 0.376 e. The average molecular weight is 543 g/mol. The number of carbonyl (C=O) groups is 2. The maximum Gasteiger partial charge on any atom is 0.265 e. The number of fused-ring (bicyclic) bond motifs is 3. The van der Waals surface area contributed by atoms with Gasteiger partial charge >= 0.3 is 0 Å². The van der Waals surface area contributed by atoms with E-state index in [0.29, 0.717) is 62.1 Å². The van der Waals surface area contributed by atoms with Crippen molar-refractivity contribution >= 4 is 63.5 Å². The fraction of sp³-hybridized carbons (Fsp3) is 0.280. The second-order valence-corrected chi connectivity index (χ2v) is 10.6. The number of hydrogen-bond acceptors (Lipinski definition) is 6. The lowest BCUT2D eigenvalue weighted by molar-refractivity contribution is 0.0861. The molecule has 11 heteroatoms. The van der Waals surface area contributed by atoms with Crippen molar-refractivity contribution in [3.8, 4) is 0 Å². The molecule has 3 heterocycles. The van der Waals surface area contributed by atoms with Crippen molar-refractivity contribution in [1.29, 1.82) is 0 Å². The number of aromatic nitrogens is 2. The van der Waals surface area contributed by atoms with Gasteiger partial charge in [-0.3, -0.25) is 18.8 Å². The zero-order valence-corrected chi connectivity index (χ0v) is 21.5. The van der Waals surface area contributed by atoms with Crippen LogP contribution in [0.1, 0.15) is 38.4 Å². The molecule has 1 unspecified atom stereocenters. The topological polar surface area (TPSA) is 105 Å². The first-order chi connectivity index (χ1) is 17.4. The molecule has 0 spiro atoms. The van der Waals surface area contributed by atoms with Gasteiger partial charge in [0.2, 0.25) is 0 Å². The highest BCUT2D eigenvalue weighted by atomic mass is 35.5. The average Bonchev–Trinajstić information content (AvgIpc) is 3.51. The Labute approximate surface area is 220 Å². The van der Waals surface area contributed by atoms with E-state index in [2.05, 4.69) is 15.6 Å². The van der Waals surface area contributed by atoms with E-state index in [0.717, 1.165) is 29.7 Å². The molecule has 1 aliphatic rings. The first kappa shape index (κ1) is 24.6. The van der Waals surface area contributed by atoms with Crippen LogP contribution in [-0.2, 0) is 11.2 Å². The maximum atomic E-state index is 12.9. The molecule has 186 valence electrons. The van der Waals surface area contributed by atoms with Gasteiger partial charge < -0.3 is 20.4 Å². The van der Waals surface area contributed by atoms with E-state index in [-0.39, 0.29) is 23.5 Å². The molecular formula is C25H23ClN4O4S2. The number of benzene rings is 2. The molecule has 4 aromatic rings. The zero-order chi connectivity index (χ0) is 25.2. The molecular weight excluding hydrogens is 520 g/mol. The number of ether oxygens (including phenoxy) is 1. The monoisotopic (exact) mass is 542 g/mol. The van der Waals surface area contributed by atoms with Crippen molar-refractivity contribution in [2.45, 2.75) is 25.4 Å². The Bertz CT molecular complexity index is 1570. The highest BCUT2D eigenvalue weighted by molar-refractivity contribution is 7.73. The molecule has 0 saturated carbocycles. The minimum absolute atomic E-state index is 0.00329. The minimum atomic E-state index is -0.360. The highest BCUT2D eigenvalue weighted by Crippen LogP contribution is 2.23. The van der Waals surface area contributed by atoms with E-state index >= 15 is 0 Å². The number of rotatable bonds is 7. The van der Waals surface area contributed by atoms with Crippen LogP contribution in [-0.4, -0.2) is 47.0 Å². The van der Waals surface area contributed by atoms with Gasteiger partial charge in [0.05, 0.1) is 17.0 Å². The fourth-order valence-electron chi connectivity index (χ4n) is 4.25. The van der Waals surface area contributed by atoms with Crippen LogP contribution in [0.2, 0.25) is 5.02 Å². The van der Waals surface area contributed by atoms with E-state index in [9.17, 15) is 14.4 Å². The van der Waals surface area contributed by atoms with E-state index in [4.69, 9.17) is 28.6 Å². The summed E-state index contributed by atoms with van der Waals surface area (Å²) in [5.74, 6) is -0.592. The summed E-state index contributed by atoms with van der Waals surface area (Å²) in [4.78, 5) is 41.6. The van der Waals surface area contributed by atoms with E-state index in [1.54, 1.807) is 22.6 Å². The van der Waals surface area contributed by atoms with Gasteiger partial charge in [0.15, 0.2) is 3.95 Å². The number of hydrogen-bond donors (Lipinski definition) is 3. The SMILES string of the molecule is O=C(NCCc1ccc(Cl)cc1)c1ccc2c(=O)[nH]c3c(C(=O)NCC4CCCO4)sc(=S)n3c2c1. The van der Waals surface area contributed by atoms with Crippen molar-refractivity contribution in [2.24, 2.45) is 0 Å². The van der Waals surface area contributed by atoms with Crippen molar-refractivity contribution < 1.29 is 14.3 Å². The summed E-state index contributed by atoms with van der Waals surface area (Å²) < 4.78 is 7.60. The number of carbonyl (C=O) groups excluding carboxylic acids is 2. The van der Waals surface area contributed by atoms with Crippen molar-refractivity contribution in [3.05, 3.63) is 77.8 Å². The third-order valence-corrected chi connectivity index (χ3v) is 7.75. The molecule has 2 amide bonds. The molecule has 1 aliphatic heterocycles. The van der Waals surface area contributed by atoms with Gasteiger partial charge in [0.25, 0.3) is 17.4 Å². The standard InChI is InChI=1S/C25H23ClN4O4S2/c26-16-6-3-14(4-7-16)9-10-27-22(31)15-5-8-18-19(12-15)30-21(29-23(18)32)20(36-25(30)35)24(33)28-13-17-2-1-11-34-17/h3-8,12,17H,1-2,9-11,13H2,(H,27,31)(H,28,33)(H,29,32). The molecule has 2 aromatic heterocycles. The summed E-state index contributed by atoms with van der Waals surface area (Å²) in [6.07, 6.45) is 2.53. The Morgan fingerprint density at radius 2 is 1.97 bits per heavy atom. The maximum absolute atomic E-state index is 12.9. The first-order valence-corrected chi connectivity index (χ1v) is 13.1. The number of aromatic amines is 1. The van der Waals surface area contributed by atoms with Crippen LogP contribution >= 0.6 is 35.2 Å². The number of nitrogens with one attached hydrogen (secondary N) is 3. The second-order valence-electron chi connectivity index (χ2n) is 8.54. The lowest BCUT2D eigenvalue weighted by Crippen LogP contribution is -2.31. The molecule has 36 heavy (non-hydrogen) atoms. The Hall–Kier alpha value is -3.05. The van der Waals surface area contributed by atoms with Crippen LogP contribution in [0.3, 0.4) is 0 Å². The number of H-pyrrole nitrogens is 1. The number of amides is 2. The summed E-state index contributed by atoms with van der Waals surface area (Å²) >= 11 is 12.6.